The summed E-state index contributed by atoms with van der Waals surface area (Å²) in [6, 6.07) is 0. The predicted molar refractivity (Wildman–Crippen MR) is 82.6 cm³/mol. The molecule has 2 amide bonds. The van der Waals surface area contributed by atoms with Crippen molar-refractivity contribution in [3.8, 4) is 0 Å². The monoisotopic (exact) mass is 539 g/mol. The van der Waals surface area contributed by atoms with Crippen molar-refractivity contribution in [2.24, 2.45) is 0 Å². The highest BCUT2D eigenvalue weighted by Crippen LogP contribution is 2.21. The maximum Gasteiger partial charge on any atom is 0.347 e. The second-order valence-corrected chi connectivity index (χ2v) is 6.61. The first-order chi connectivity index (χ1) is 9.77. The summed E-state index contributed by atoms with van der Waals surface area (Å²) in [7, 11) is 0. The van der Waals surface area contributed by atoms with Crippen LogP contribution in [-0.4, -0.2) is 48.9 Å². The number of nitrogens with zero attached hydrogens (tertiary/aromatic N) is 1. The second kappa shape index (κ2) is 8.17. The molecule has 0 bridgehead atoms. The van der Waals surface area contributed by atoms with Gasteiger partial charge in [0.1, 0.15) is 14.1 Å². The molecule has 1 rings (SSSR count). The lowest BCUT2D eigenvalue weighted by atomic mass is 10.3. The van der Waals surface area contributed by atoms with Gasteiger partial charge in [0.05, 0.1) is 0 Å². The Kier molecular flexibility index (Phi) is 7.20. The molecule has 1 aliphatic heterocycles. The van der Waals surface area contributed by atoms with Crippen LogP contribution in [0.1, 0.15) is 12.8 Å². The molecule has 0 aromatic rings. The Labute approximate surface area is 149 Å². The highest BCUT2D eigenvalue weighted by molar-refractivity contribution is 14.1. The zero-order valence-corrected chi connectivity index (χ0v) is 15.5. The number of hydroxylamine groups is 2. The summed E-state index contributed by atoms with van der Waals surface area (Å²) in [4.78, 5) is 60.4. The van der Waals surface area contributed by atoms with E-state index in [0.717, 1.165) is 0 Å². The minimum Gasteiger partial charge on any atom is -0.392 e. The molecule has 0 aliphatic carbocycles. The molecule has 0 saturated carbocycles. The first-order valence-electron chi connectivity index (χ1n) is 5.44. The van der Waals surface area contributed by atoms with Crippen LogP contribution in [0, 0.1) is 0 Å². The predicted octanol–water partition coefficient (Wildman–Crippen LogP) is 0.625. The van der Waals surface area contributed by atoms with Crippen molar-refractivity contribution < 1.29 is 33.5 Å². The first kappa shape index (κ1) is 18.5. The quantitative estimate of drug-likeness (QED) is 0.165. The van der Waals surface area contributed by atoms with Crippen molar-refractivity contribution in [3.05, 3.63) is 0 Å². The molecule has 0 N–H and O–H groups in total. The van der Waals surface area contributed by atoms with E-state index in [1.165, 1.54) is 0 Å². The van der Waals surface area contributed by atoms with Crippen LogP contribution < -0.4 is 0 Å². The number of hydrogen-bond donors (Lipinski definition) is 0. The highest BCUT2D eigenvalue weighted by Gasteiger charge is 2.38. The molecule has 0 spiro atoms. The Bertz CT molecular complexity index is 482. The summed E-state index contributed by atoms with van der Waals surface area (Å²) in [5.41, 5.74) is 0. The van der Waals surface area contributed by atoms with Gasteiger partial charge in [0, 0.05) is 12.8 Å². The average molecular weight is 541 g/mol. The molecule has 1 saturated heterocycles. The Morgan fingerprint density at radius 3 is 2.19 bits per heavy atom. The molecular weight excluding hydrogens is 533 g/mol. The molecule has 1 heterocycles. The second-order valence-electron chi connectivity index (χ2n) is 3.72. The maximum absolute atomic E-state index is 11.8. The summed E-state index contributed by atoms with van der Waals surface area (Å²) in [5, 5.41) is 0.203. The van der Waals surface area contributed by atoms with Gasteiger partial charge >= 0.3 is 17.9 Å². The van der Waals surface area contributed by atoms with E-state index in [1.54, 1.807) is 22.6 Å². The molecule has 11 heteroatoms. The lowest BCUT2D eigenvalue weighted by Gasteiger charge is -2.17. The molecule has 21 heavy (non-hydrogen) atoms. The van der Waals surface area contributed by atoms with Crippen LogP contribution in [0.4, 0.5) is 0 Å². The van der Waals surface area contributed by atoms with Crippen LogP contribution in [0.15, 0.2) is 0 Å². The van der Waals surface area contributed by atoms with Gasteiger partial charge < -0.3 is 9.57 Å². The van der Waals surface area contributed by atoms with Gasteiger partial charge in [0.2, 0.25) is 0 Å². The molecule has 2 unspecified atom stereocenters. The molecule has 1 aliphatic rings. The van der Waals surface area contributed by atoms with E-state index < -0.39 is 38.5 Å². The Morgan fingerprint density at radius 1 is 1.19 bits per heavy atom. The van der Waals surface area contributed by atoms with Crippen molar-refractivity contribution in [1.29, 1.82) is 0 Å². The number of alkyl halides is 3. The zero-order chi connectivity index (χ0) is 16.2. The molecular formula is C10H8Br2INO7. The third-order valence-corrected chi connectivity index (χ3v) is 5.79. The summed E-state index contributed by atoms with van der Waals surface area (Å²) < 4.78 is 3.32. The smallest absolute Gasteiger partial charge is 0.347 e. The van der Waals surface area contributed by atoms with Crippen molar-refractivity contribution >= 4 is 84.2 Å². The number of hydrogen-bond acceptors (Lipinski definition) is 7. The maximum atomic E-state index is 11.8. The van der Waals surface area contributed by atoms with Gasteiger partial charge in [-0.25, -0.2) is 4.79 Å². The number of imide groups is 1. The van der Waals surface area contributed by atoms with Crippen LogP contribution in [-0.2, 0) is 33.5 Å². The molecule has 116 valence electrons. The van der Waals surface area contributed by atoms with Gasteiger partial charge in [-0.3, -0.25) is 19.2 Å². The molecule has 8 nitrogen and oxygen atoms in total. The normalized spacial score (nSPS) is 17.4. The van der Waals surface area contributed by atoms with Crippen LogP contribution >= 0.6 is 54.5 Å². The van der Waals surface area contributed by atoms with E-state index in [-0.39, 0.29) is 18.2 Å². The van der Waals surface area contributed by atoms with Crippen LogP contribution in [0.3, 0.4) is 0 Å². The largest absolute Gasteiger partial charge is 0.392 e. The fourth-order valence-corrected chi connectivity index (χ4v) is 2.06. The van der Waals surface area contributed by atoms with Crippen molar-refractivity contribution in [3.63, 3.8) is 0 Å². The number of ether oxygens (including phenoxy) is 1. The van der Waals surface area contributed by atoms with Crippen LogP contribution in [0.5, 0.6) is 0 Å². The van der Waals surface area contributed by atoms with Crippen LogP contribution in [0.2, 0.25) is 0 Å². The van der Waals surface area contributed by atoms with Gasteiger partial charge in [-0.15, -0.1) is 5.06 Å². The van der Waals surface area contributed by atoms with E-state index in [9.17, 15) is 24.0 Å². The number of esters is 2. The number of rotatable bonds is 5. The third-order valence-electron chi connectivity index (χ3n) is 2.22. The first-order valence-corrected chi connectivity index (χ1v) is 8.72. The highest BCUT2D eigenvalue weighted by atomic mass is 127. The Balaban J connectivity index is 2.61. The standard InChI is InChI=1S/C10H8Br2INO7/c11-3-6(17)20-9(18)7(12)8(13)10(19)21-14-4(15)1-2-5(14)16/h7-8H,1-3H2. The zero-order valence-electron chi connectivity index (χ0n) is 10.2. The number of halogens is 3. The molecule has 1 fully saturated rings. The van der Waals surface area contributed by atoms with E-state index in [2.05, 4.69) is 41.4 Å². The molecule has 2 atom stereocenters. The summed E-state index contributed by atoms with van der Waals surface area (Å²) in [5.74, 6) is -4.02. The lowest BCUT2D eigenvalue weighted by molar-refractivity contribution is -0.196. The fraction of sp³-hybridized carbons (Fsp3) is 0.500. The van der Waals surface area contributed by atoms with Gasteiger partial charge in [0.25, 0.3) is 11.8 Å². The average Bonchev–Trinajstić information content (AvgIpc) is 2.76. The third kappa shape index (κ3) is 4.98. The number of amides is 2. The van der Waals surface area contributed by atoms with E-state index in [4.69, 9.17) is 0 Å². The Morgan fingerprint density at radius 2 is 1.71 bits per heavy atom. The van der Waals surface area contributed by atoms with Crippen molar-refractivity contribution in [1.82, 2.24) is 5.06 Å². The summed E-state index contributed by atoms with van der Waals surface area (Å²) >= 11 is 7.29. The van der Waals surface area contributed by atoms with Gasteiger partial charge in [0.15, 0.2) is 0 Å². The topological polar surface area (TPSA) is 107 Å². The minimum atomic E-state index is -1.17. The van der Waals surface area contributed by atoms with Crippen molar-refractivity contribution in [2.75, 3.05) is 5.33 Å². The van der Waals surface area contributed by atoms with Crippen LogP contribution in [0.25, 0.3) is 0 Å². The van der Waals surface area contributed by atoms with Gasteiger partial charge in [-0.2, -0.15) is 0 Å². The van der Waals surface area contributed by atoms with Gasteiger partial charge in [-0.05, 0) is 0 Å². The molecule has 0 aromatic carbocycles. The lowest BCUT2D eigenvalue weighted by Crippen LogP contribution is -2.40. The van der Waals surface area contributed by atoms with E-state index in [0.29, 0.717) is 5.06 Å². The SMILES string of the molecule is O=C(CBr)OC(=O)C(Br)C(I)C(=O)ON1C(=O)CCC1=O. The molecule has 0 radical (unpaired) electrons. The Hall–Kier alpha value is -0.560. The van der Waals surface area contributed by atoms with Crippen molar-refractivity contribution in [2.45, 2.75) is 21.6 Å². The summed E-state index contributed by atoms with van der Waals surface area (Å²) in [6.07, 6.45) is -0.0604. The van der Waals surface area contributed by atoms with E-state index in [1.807, 2.05) is 0 Å². The summed E-state index contributed by atoms with van der Waals surface area (Å²) in [6.45, 7) is 0. The fourth-order valence-electron chi connectivity index (χ4n) is 1.23. The number of carbonyl (C=O) groups is 5. The molecule has 0 aromatic heterocycles. The van der Waals surface area contributed by atoms with Gasteiger partial charge in [-0.1, -0.05) is 54.5 Å². The van der Waals surface area contributed by atoms with E-state index >= 15 is 0 Å². The number of carbonyl (C=O) groups excluding carboxylic acids is 5. The minimum absolute atomic E-state index is 0.0302.